The third kappa shape index (κ3) is 2.92. The zero-order valence-electron chi connectivity index (χ0n) is 16.4. The number of ether oxygens (including phenoxy) is 1. The first-order chi connectivity index (χ1) is 13.0. The highest BCUT2D eigenvalue weighted by Crippen LogP contribution is 2.45. The van der Waals surface area contributed by atoms with E-state index in [9.17, 15) is 0 Å². The number of allylic oxidation sites excluding steroid dienone is 1. The van der Waals surface area contributed by atoms with Gasteiger partial charge in [0.05, 0.1) is 18.4 Å². The van der Waals surface area contributed by atoms with E-state index in [1.807, 2.05) is 12.4 Å². The van der Waals surface area contributed by atoms with E-state index in [0.29, 0.717) is 12.0 Å². The van der Waals surface area contributed by atoms with Gasteiger partial charge < -0.3 is 9.15 Å². The largest absolute Gasteiger partial charge is 0.439 e. The van der Waals surface area contributed by atoms with Gasteiger partial charge in [-0.2, -0.15) is 0 Å². The van der Waals surface area contributed by atoms with Crippen molar-refractivity contribution in [2.24, 2.45) is 9.98 Å². The fraction of sp³-hybridized carbons (Fsp3) is 0.591. The Balaban J connectivity index is 1.59. The van der Waals surface area contributed by atoms with Crippen LogP contribution < -0.4 is 0 Å². The average Bonchev–Trinajstić information content (AvgIpc) is 3.29. The molecule has 5 heterocycles. The standard InChI is InChI=1S/C22H27N3O2/c1-22(2,3)17-12-24-21(27-17)20-15-10-14-7-8-16(26-14)18(15)19(25-20)13-6-4-5-9-23-11-13/h6,11-12,14,16,19H,4-5,7-10H2,1-3H3. The fourth-order valence-electron chi connectivity index (χ4n) is 4.50. The quantitative estimate of drug-likeness (QED) is 0.790. The number of fused-ring (bicyclic) bond motifs is 3. The number of hydrogen-bond acceptors (Lipinski definition) is 5. The molecule has 27 heavy (non-hydrogen) atoms. The number of nitrogens with zero attached hydrogens (tertiary/aromatic N) is 3. The Bertz CT molecular complexity index is 882. The van der Waals surface area contributed by atoms with E-state index < -0.39 is 0 Å². The van der Waals surface area contributed by atoms with Gasteiger partial charge in [0.25, 0.3) is 0 Å². The number of oxazole rings is 1. The molecule has 0 N–H and O–H groups in total. The van der Waals surface area contributed by atoms with E-state index in [1.54, 1.807) is 0 Å². The molecule has 0 amide bonds. The fourth-order valence-corrected chi connectivity index (χ4v) is 4.50. The highest BCUT2D eigenvalue weighted by molar-refractivity contribution is 6.13. The minimum Gasteiger partial charge on any atom is -0.439 e. The van der Waals surface area contributed by atoms with E-state index in [0.717, 1.165) is 50.1 Å². The third-order valence-electron chi connectivity index (χ3n) is 5.95. The van der Waals surface area contributed by atoms with Gasteiger partial charge in [-0.05, 0) is 42.4 Å². The monoisotopic (exact) mass is 365 g/mol. The highest BCUT2D eigenvalue weighted by atomic mass is 16.5. The zero-order valence-corrected chi connectivity index (χ0v) is 16.4. The molecule has 0 radical (unpaired) electrons. The lowest BCUT2D eigenvalue weighted by atomic mass is 9.89. The summed E-state index contributed by atoms with van der Waals surface area (Å²) in [6.07, 6.45) is 12.0. The Morgan fingerprint density at radius 3 is 2.89 bits per heavy atom. The Morgan fingerprint density at radius 1 is 1.19 bits per heavy atom. The van der Waals surface area contributed by atoms with Gasteiger partial charge in [-0.15, -0.1) is 0 Å². The molecular formula is C22H27N3O2. The highest BCUT2D eigenvalue weighted by Gasteiger charge is 2.45. The van der Waals surface area contributed by atoms with Crippen molar-refractivity contribution in [2.75, 3.05) is 6.54 Å². The van der Waals surface area contributed by atoms with Gasteiger partial charge in [-0.1, -0.05) is 26.8 Å². The smallest absolute Gasteiger partial charge is 0.245 e. The summed E-state index contributed by atoms with van der Waals surface area (Å²) in [4.78, 5) is 14.3. The summed E-state index contributed by atoms with van der Waals surface area (Å²) < 4.78 is 12.4. The molecule has 0 spiro atoms. The van der Waals surface area contributed by atoms with Gasteiger partial charge in [-0.25, -0.2) is 4.98 Å². The van der Waals surface area contributed by atoms with Gasteiger partial charge in [-0.3, -0.25) is 9.98 Å². The molecule has 1 fully saturated rings. The Morgan fingerprint density at radius 2 is 2.07 bits per heavy atom. The number of aliphatic imine (C=N–C) groups is 2. The first kappa shape index (κ1) is 17.1. The molecule has 142 valence electrons. The lowest BCUT2D eigenvalue weighted by Gasteiger charge is -2.26. The molecule has 0 saturated carbocycles. The number of hydrogen-bond donors (Lipinski definition) is 0. The van der Waals surface area contributed by atoms with Gasteiger partial charge in [0.2, 0.25) is 5.89 Å². The van der Waals surface area contributed by atoms with Crippen LogP contribution in [0.5, 0.6) is 0 Å². The predicted molar refractivity (Wildman–Crippen MR) is 106 cm³/mol. The summed E-state index contributed by atoms with van der Waals surface area (Å²) in [5.41, 5.74) is 4.70. The van der Waals surface area contributed by atoms with Crippen LogP contribution in [0.2, 0.25) is 0 Å². The number of rotatable bonds is 2. The van der Waals surface area contributed by atoms with Crippen molar-refractivity contribution in [3.8, 4) is 0 Å². The second kappa shape index (κ2) is 6.26. The summed E-state index contributed by atoms with van der Waals surface area (Å²) in [5, 5.41) is 0. The van der Waals surface area contributed by atoms with Gasteiger partial charge in [0.15, 0.2) is 0 Å². The molecule has 5 heteroatoms. The maximum Gasteiger partial charge on any atom is 0.245 e. The Hall–Kier alpha value is -2.01. The van der Waals surface area contributed by atoms with E-state index in [4.69, 9.17) is 14.1 Å². The van der Waals surface area contributed by atoms with Crippen LogP contribution >= 0.6 is 0 Å². The Kier molecular flexibility index (Phi) is 3.97. The van der Waals surface area contributed by atoms with Crippen LogP contribution in [0, 0.1) is 0 Å². The minimum atomic E-state index is -0.0633. The Labute approximate surface area is 160 Å². The molecule has 0 aromatic carbocycles. The molecule has 1 aromatic heterocycles. The first-order valence-electron chi connectivity index (χ1n) is 10.1. The van der Waals surface area contributed by atoms with E-state index >= 15 is 0 Å². The topological polar surface area (TPSA) is 60.0 Å². The SMILES string of the molecule is CC(C)(C)c1cnc(C2=NC(C3=CCCCN=C3)C3=C2CC2CCC3O2)o1. The third-order valence-corrected chi connectivity index (χ3v) is 5.95. The van der Waals surface area contributed by atoms with Crippen molar-refractivity contribution in [3.05, 3.63) is 40.6 Å². The first-order valence-corrected chi connectivity index (χ1v) is 10.1. The van der Waals surface area contributed by atoms with Crippen molar-refractivity contribution in [1.29, 1.82) is 0 Å². The van der Waals surface area contributed by atoms with Crippen LogP contribution in [0.25, 0.3) is 0 Å². The van der Waals surface area contributed by atoms with Crippen molar-refractivity contribution < 1.29 is 9.15 Å². The van der Waals surface area contributed by atoms with Crippen LogP contribution in [-0.2, 0) is 10.2 Å². The van der Waals surface area contributed by atoms with Crippen LogP contribution in [0.15, 0.2) is 43.4 Å². The molecule has 3 atom stereocenters. The molecule has 4 aliphatic rings. The van der Waals surface area contributed by atoms with Crippen molar-refractivity contribution in [1.82, 2.24) is 4.98 Å². The van der Waals surface area contributed by atoms with Crippen molar-refractivity contribution in [3.63, 3.8) is 0 Å². The van der Waals surface area contributed by atoms with Crippen LogP contribution in [-0.4, -0.2) is 41.7 Å². The molecule has 5 rings (SSSR count). The summed E-state index contributed by atoms with van der Waals surface area (Å²) in [5.74, 6) is 1.55. The lowest BCUT2D eigenvalue weighted by Crippen LogP contribution is -2.27. The molecule has 2 bridgehead atoms. The van der Waals surface area contributed by atoms with Crippen molar-refractivity contribution in [2.45, 2.75) is 76.5 Å². The minimum absolute atomic E-state index is 0.00545. The van der Waals surface area contributed by atoms with Gasteiger partial charge in [0, 0.05) is 24.6 Å². The molecule has 0 aliphatic carbocycles. The average molecular weight is 365 g/mol. The second-order valence-corrected chi connectivity index (χ2v) is 9.00. The molecule has 5 nitrogen and oxygen atoms in total. The maximum atomic E-state index is 6.25. The summed E-state index contributed by atoms with van der Waals surface area (Å²) in [6, 6.07) is 0.00545. The lowest BCUT2D eigenvalue weighted by molar-refractivity contribution is 0.0533. The van der Waals surface area contributed by atoms with Gasteiger partial charge >= 0.3 is 0 Å². The van der Waals surface area contributed by atoms with E-state index in [2.05, 4.69) is 36.8 Å². The summed E-state index contributed by atoms with van der Waals surface area (Å²) in [6.45, 7) is 7.32. The zero-order chi connectivity index (χ0) is 18.6. The number of aromatic nitrogens is 1. The van der Waals surface area contributed by atoms with E-state index in [1.165, 1.54) is 16.7 Å². The molecular weight excluding hydrogens is 338 g/mol. The predicted octanol–water partition coefficient (Wildman–Crippen LogP) is 4.18. The summed E-state index contributed by atoms with van der Waals surface area (Å²) in [7, 11) is 0. The maximum absolute atomic E-state index is 6.25. The normalized spacial score (nSPS) is 30.3. The van der Waals surface area contributed by atoms with E-state index in [-0.39, 0.29) is 17.6 Å². The molecule has 4 aliphatic heterocycles. The second-order valence-electron chi connectivity index (χ2n) is 9.00. The van der Waals surface area contributed by atoms with Crippen LogP contribution in [0.1, 0.15) is 64.5 Å². The van der Waals surface area contributed by atoms with Crippen molar-refractivity contribution >= 4 is 11.9 Å². The van der Waals surface area contributed by atoms with Gasteiger partial charge in [0.1, 0.15) is 17.5 Å². The summed E-state index contributed by atoms with van der Waals surface area (Å²) >= 11 is 0. The molecule has 1 aromatic rings. The van der Waals surface area contributed by atoms with Crippen LogP contribution in [0.3, 0.4) is 0 Å². The van der Waals surface area contributed by atoms with Crippen LogP contribution in [0.4, 0.5) is 0 Å². The molecule has 3 unspecified atom stereocenters. The molecule has 1 saturated heterocycles.